The average molecular weight is 321 g/mol. The molecule has 0 bridgehead atoms. The summed E-state index contributed by atoms with van der Waals surface area (Å²) in [6.07, 6.45) is 0.0207. The van der Waals surface area contributed by atoms with Crippen LogP contribution in [0.1, 0.15) is 11.3 Å². The van der Waals surface area contributed by atoms with Crippen LogP contribution >= 0.6 is 22.9 Å². The summed E-state index contributed by atoms with van der Waals surface area (Å²) in [6, 6.07) is 3.39. The Labute approximate surface area is 126 Å². The molecular formula is C12H17ClN2O4S. The van der Waals surface area contributed by atoms with Crippen LogP contribution in [0.3, 0.4) is 0 Å². The van der Waals surface area contributed by atoms with Crippen molar-refractivity contribution in [3.8, 4) is 0 Å². The summed E-state index contributed by atoms with van der Waals surface area (Å²) in [6.45, 7) is 0.638. The molecule has 3 N–H and O–H groups in total. The van der Waals surface area contributed by atoms with Crippen molar-refractivity contribution >= 4 is 34.9 Å². The molecule has 0 aromatic carbocycles. The highest BCUT2D eigenvalue weighted by atomic mass is 35.5. The minimum absolute atomic E-state index is 0.148. The van der Waals surface area contributed by atoms with Gasteiger partial charge in [0.1, 0.15) is 0 Å². The first-order chi connectivity index (χ1) is 9.51. The molecule has 8 heteroatoms. The third-order valence-electron chi connectivity index (χ3n) is 2.51. The third-order valence-corrected chi connectivity index (χ3v) is 3.80. The second-order valence-electron chi connectivity index (χ2n) is 4.05. The molecule has 0 radical (unpaired) electrons. The number of hydrogen-bond acceptors (Lipinski definition) is 4. The molecule has 1 aromatic rings. The van der Waals surface area contributed by atoms with Gasteiger partial charge in [-0.15, -0.1) is 11.3 Å². The average Bonchev–Trinajstić information content (AvgIpc) is 2.80. The van der Waals surface area contributed by atoms with E-state index in [0.717, 1.165) is 9.21 Å². The number of carbonyl (C=O) groups excluding carboxylic acids is 1. The van der Waals surface area contributed by atoms with E-state index in [4.69, 9.17) is 21.4 Å². The molecule has 0 saturated carbocycles. The molecule has 2 amide bonds. The predicted octanol–water partition coefficient (Wildman–Crippen LogP) is 1.73. The summed E-state index contributed by atoms with van der Waals surface area (Å²) in [5.74, 6) is -0.964. The highest BCUT2D eigenvalue weighted by Gasteiger charge is 2.13. The van der Waals surface area contributed by atoms with Crippen LogP contribution in [0, 0.1) is 0 Å². The van der Waals surface area contributed by atoms with Gasteiger partial charge in [0.2, 0.25) is 0 Å². The molecular weight excluding hydrogens is 304 g/mol. The minimum atomic E-state index is -0.964. The fraction of sp³-hybridized carbons (Fsp3) is 0.500. The number of aliphatic carboxylic acids is 1. The number of nitrogens with one attached hydrogen (secondary N) is 2. The van der Waals surface area contributed by atoms with E-state index < -0.39 is 12.1 Å². The lowest BCUT2D eigenvalue weighted by molar-refractivity contribution is -0.139. The van der Waals surface area contributed by atoms with Crippen molar-refractivity contribution in [3.05, 3.63) is 21.3 Å². The Morgan fingerprint density at radius 1 is 1.45 bits per heavy atom. The number of carbonyl (C=O) groups is 2. The van der Waals surface area contributed by atoms with Crippen LogP contribution in [0.5, 0.6) is 0 Å². The van der Waals surface area contributed by atoms with Gasteiger partial charge in [-0.1, -0.05) is 11.6 Å². The van der Waals surface area contributed by atoms with Crippen molar-refractivity contribution in [2.24, 2.45) is 0 Å². The Balaban J connectivity index is 2.18. The van der Waals surface area contributed by atoms with Crippen LogP contribution < -0.4 is 10.6 Å². The van der Waals surface area contributed by atoms with Crippen LogP contribution in [0.4, 0.5) is 4.79 Å². The summed E-state index contributed by atoms with van der Waals surface area (Å²) in [5, 5.41) is 13.9. The summed E-state index contributed by atoms with van der Waals surface area (Å²) >= 11 is 7.28. The first-order valence-corrected chi connectivity index (χ1v) is 7.21. The largest absolute Gasteiger partial charge is 0.481 e. The van der Waals surface area contributed by atoms with Gasteiger partial charge in [-0.25, -0.2) is 4.79 Å². The lowest BCUT2D eigenvalue weighted by Crippen LogP contribution is -2.41. The molecule has 0 fully saturated rings. The van der Waals surface area contributed by atoms with Crippen molar-refractivity contribution in [3.63, 3.8) is 0 Å². The monoisotopic (exact) mass is 320 g/mol. The SMILES string of the molecule is COC(CNC(=O)NCCc1ccc(Cl)s1)CC(=O)O. The number of ether oxygens (including phenoxy) is 1. The van der Waals surface area contributed by atoms with Gasteiger partial charge in [-0.2, -0.15) is 0 Å². The van der Waals surface area contributed by atoms with Gasteiger partial charge in [-0.05, 0) is 18.6 Å². The molecule has 1 unspecified atom stereocenters. The quantitative estimate of drug-likeness (QED) is 0.680. The number of rotatable bonds is 8. The van der Waals surface area contributed by atoms with Gasteiger partial charge in [0.25, 0.3) is 0 Å². The van der Waals surface area contributed by atoms with Gasteiger partial charge >= 0.3 is 12.0 Å². The van der Waals surface area contributed by atoms with Crippen molar-refractivity contribution < 1.29 is 19.4 Å². The fourth-order valence-corrected chi connectivity index (χ4v) is 2.58. The van der Waals surface area contributed by atoms with Gasteiger partial charge < -0.3 is 20.5 Å². The number of amides is 2. The van der Waals surface area contributed by atoms with Gasteiger partial charge in [0.05, 0.1) is 16.9 Å². The molecule has 0 aliphatic carbocycles. The Kier molecular flexibility index (Phi) is 7.35. The maximum Gasteiger partial charge on any atom is 0.314 e. The summed E-state index contributed by atoms with van der Waals surface area (Å²) in [4.78, 5) is 23.1. The van der Waals surface area contributed by atoms with Crippen molar-refractivity contribution in [2.75, 3.05) is 20.2 Å². The number of thiophene rings is 1. The van der Waals surface area contributed by atoms with Gasteiger partial charge in [-0.3, -0.25) is 4.79 Å². The Morgan fingerprint density at radius 3 is 2.75 bits per heavy atom. The first kappa shape index (κ1) is 16.7. The van der Waals surface area contributed by atoms with Crippen LogP contribution in [0.15, 0.2) is 12.1 Å². The van der Waals surface area contributed by atoms with E-state index in [1.54, 1.807) is 0 Å². The number of carboxylic acids is 1. The number of halogens is 1. The number of methoxy groups -OCH3 is 1. The molecule has 6 nitrogen and oxygen atoms in total. The number of hydrogen-bond donors (Lipinski definition) is 3. The van der Waals surface area contributed by atoms with Crippen LogP contribution in [0.25, 0.3) is 0 Å². The van der Waals surface area contributed by atoms with Crippen LogP contribution in [-0.2, 0) is 16.0 Å². The summed E-state index contributed by atoms with van der Waals surface area (Å²) in [7, 11) is 1.41. The fourth-order valence-electron chi connectivity index (χ4n) is 1.49. The maximum atomic E-state index is 11.5. The zero-order chi connectivity index (χ0) is 15.0. The highest BCUT2D eigenvalue weighted by molar-refractivity contribution is 7.16. The topological polar surface area (TPSA) is 87.7 Å². The molecule has 1 atom stereocenters. The van der Waals surface area contributed by atoms with E-state index in [-0.39, 0.29) is 19.0 Å². The molecule has 0 aliphatic rings. The highest BCUT2D eigenvalue weighted by Crippen LogP contribution is 2.21. The van der Waals surface area contributed by atoms with Gasteiger partial charge in [0, 0.05) is 25.1 Å². The van der Waals surface area contributed by atoms with Crippen LogP contribution in [0.2, 0.25) is 4.34 Å². The lowest BCUT2D eigenvalue weighted by atomic mass is 10.2. The smallest absolute Gasteiger partial charge is 0.314 e. The summed E-state index contributed by atoms with van der Waals surface area (Å²) < 4.78 is 5.67. The molecule has 1 rings (SSSR count). The number of urea groups is 1. The van der Waals surface area contributed by atoms with Crippen molar-refractivity contribution in [1.82, 2.24) is 10.6 Å². The third kappa shape index (κ3) is 6.74. The Morgan fingerprint density at radius 2 is 2.20 bits per heavy atom. The van der Waals surface area contributed by atoms with Crippen LogP contribution in [-0.4, -0.2) is 43.4 Å². The second-order valence-corrected chi connectivity index (χ2v) is 5.85. The predicted molar refractivity (Wildman–Crippen MR) is 77.5 cm³/mol. The Bertz CT molecular complexity index is 452. The lowest BCUT2D eigenvalue weighted by Gasteiger charge is -2.14. The molecule has 0 saturated heterocycles. The van der Waals surface area contributed by atoms with E-state index >= 15 is 0 Å². The van der Waals surface area contributed by atoms with E-state index in [0.29, 0.717) is 13.0 Å². The second kappa shape index (κ2) is 8.78. The molecule has 20 heavy (non-hydrogen) atoms. The van der Waals surface area contributed by atoms with Crippen molar-refractivity contribution in [2.45, 2.75) is 18.9 Å². The molecule has 1 aromatic heterocycles. The molecule has 1 heterocycles. The maximum absolute atomic E-state index is 11.5. The zero-order valence-corrected chi connectivity index (χ0v) is 12.6. The first-order valence-electron chi connectivity index (χ1n) is 6.01. The van der Waals surface area contributed by atoms with E-state index in [2.05, 4.69) is 10.6 Å². The van der Waals surface area contributed by atoms with Crippen molar-refractivity contribution in [1.29, 1.82) is 0 Å². The van der Waals surface area contributed by atoms with Gasteiger partial charge in [0.15, 0.2) is 0 Å². The molecule has 0 spiro atoms. The van der Waals surface area contributed by atoms with E-state index in [1.807, 2.05) is 12.1 Å². The zero-order valence-electron chi connectivity index (χ0n) is 11.0. The minimum Gasteiger partial charge on any atom is -0.481 e. The normalized spacial score (nSPS) is 11.9. The molecule has 112 valence electrons. The summed E-state index contributed by atoms with van der Waals surface area (Å²) in [5.41, 5.74) is 0. The number of carboxylic acid groups (broad SMARTS) is 1. The Hall–Kier alpha value is -1.31. The van der Waals surface area contributed by atoms with E-state index in [9.17, 15) is 9.59 Å². The molecule has 0 aliphatic heterocycles. The standard InChI is InChI=1S/C12H17ClN2O4S/c1-19-8(6-11(16)17)7-15-12(18)14-5-4-9-2-3-10(13)20-9/h2-3,8H,4-7H2,1H3,(H,16,17)(H2,14,15,18). The van der Waals surface area contributed by atoms with E-state index in [1.165, 1.54) is 18.4 Å².